The molecule has 0 bridgehead atoms. The lowest BCUT2D eigenvalue weighted by Gasteiger charge is -2.14. The van der Waals surface area contributed by atoms with E-state index >= 15 is 0 Å². The van der Waals surface area contributed by atoms with Gasteiger partial charge in [0.1, 0.15) is 6.61 Å². The molecule has 1 aliphatic carbocycles. The molecule has 0 unspecified atom stereocenters. The van der Waals surface area contributed by atoms with Gasteiger partial charge in [-0.3, -0.25) is 0 Å². The summed E-state index contributed by atoms with van der Waals surface area (Å²) in [6, 6.07) is 15.6. The Balaban J connectivity index is 1.66. The number of carbonyl (C=O) groups excluding carboxylic acids is 2. The molecule has 0 heterocycles. The van der Waals surface area contributed by atoms with E-state index in [2.05, 4.69) is 4.74 Å². The number of fused-ring (bicyclic) bond motifs is 3. The molecule has 0 N–H and O–H groups in total. The first-order valence-corrected chi connectivity index (χ1v) is 7.77. The second kappa shape index (κ2) is 6.63. The van der Waals surface area contributed by atoms with Crippen LogP contribution in [0.4, 0.5) is 8.78 Å². The van der Waals surface area contributed by atoms with Gasteiger partial charge in [0.25, 0.3) is 0 Å². The Morgan fingerprint density at radius 1 is 0.960 bits per heavy atom. The number of hydrogen-bond donors (Lipinski definition) is 0. The molecule has 0 atom stereocenters. The fourth-order valence-electron chi connectivity index (χ4n) is 2.91. The number of hydrogen-bond acceptors (Lipinski definition) is 4. The van der Waals surface area contributed by atoms with Crippen LogP contribution >= 0.6 is 0 Å². The number of rotatable bonds is 5. The smallest absolute Gasteiger partial charge is 0.377 e. The molecular weight excluding hydrogens is 330 g/mol. The summed E-state index contributed by atoms with van der Waals surface area (Å²) in [7, 11) is 0. The van der Waals surface area contributed by atoms with Crippen molar-refractivity contribution in [1.82, 2.24) is 0 Å². The van der Waals surface area contributed by atoms with E-state index in [0.717, 1.165) is 22.3 Å². The summed E-state index contributed by atoms with van der Waals surface area (Å²) >= 11 is 0. The molecule has 2 aromatic carbocycles. The summed E-state index contributed by atoms with van der Waals surface area (Å²) in [5.41, 5.74) is 4.23. The maximum Gasteiger partial charge on any atom is 0.377 e. The number of carbonyl (C=O) groups is 2. The van der Waals surface area contributed by atoms with E-state index in [9.17, 15) is 18.4 Å². The highest BCUT2D eigenvalue weighted by atomic mass is 19.3. The Kier molecular flexibility index (Phi) is 4.53. The van der Waals surface area contributed by atoms with Gasteiger partial charge in [-0.1, -0.05) is 48.5 Å². The zero-order valence-corrected chi connectivity index (χ0v) is 13.5. The molecule has 4 nitrogen and oxygen atoms in total. The maximum absolute atomic E-state index is 12.7. The quantitative estimate of drug-likeness (QED) is 0.777. The topological polar surface area (TPSA) is 52.6 Å². The minimum atomic E-state index is -3.64. The predicted molar refractivity (Wildman–Crippen MR) is 86.3 cm³/mol. The summed E-state index contributed by atoms with van der Waals surface area (Å²) in [6.45, 7) is -0.377. The predicted octanol–water partition coefficient (Wildman–Crippen LogP) is 3.54. The van der Waals surface area contributed by atoms with Crippen molar-refractivity contribution >= 4 is 11.9 Å². The SMILES string of the molecule is CC(F)(F)C(=O)OCC(=O)OCC1c2ccccc2-c2ccccc21. The van der Waals surface area contributed by atoms with Gasteiger partial charge in [0.15, 0.2) is 6.61 Å². The monoisotopic (exact) mass is 346 g/mol. The molecule has 6 heteroatoms. The van der Waals surface area contributed by atoms with Gasteiger partial charge in [-0.05, 0) is 22.3 Å². The molecule has 3 rings (SSSR count). The standard InChI is InChI=1S/C19H16F2O4/c1-19(20,21)18(23)25-11-17(22)24-10-16-14-8-4-2-6-12(14)13-7-3-5-9-15(13)16/h2-9,16H,10-11H2,1H3. The fraction of sp³-hybridized carbons (Fsp3) is 0.263. The van der Waals surface area contributed by atoms with Crippen LogP contribution in [0.5, 0.6) is 0 Å². The lowest BCUT2D eigenvalue weighted by molar-refractivity contribution is -0.175. The highest BCUT2D eigenvalue weighted by Crippen LogP contribution is 2.44. The third kappa shape index (κ3) is 3.52. The van der Waals surface area contributed by atoms with E-state index in [0.29, 0.717) is 6.92 Å². The van der Waals surface area contributed by atoms with Crippen LogP contribution in [0.1, 0.15) is 24.0 Å². The molecule has 25 heavy (non-hydrogen) atoms. The van der Waals surface area contributed by atoms with Gasteiger partial charge in [0.05, 0.1) is 0 Å². The van der Waals surface area contributed by atoms with E-state index in [-0.39, 0.29) is 12.5 Å². The molecule has 2 aromatic rings. The van der Waals surface area contributed by atoms with Crippen molar-refractivity contribution in [3.63, 3.8) is 0 Å². The summed E-state index contributed by atoms with van der Waals surface area (Å²) in [5, 5.41) is 0. The van der Waals surface area contributed by atoms with Crippen LogP contribution in [0.3, 0.4) is 0 Å². The van der Waals surface area contributed by atoms with Crippen molar-refractivity contribution < 1.29 is 27.8 Å². The van der Waals surface area contributed by atoms with Crippen molar-refractivity contribution in [3.05, 3.63) is 59.7 Å². The number of alkyl halides is 2. The van der Waals surface area contributed by atoms with Crippen LogP contribution in [-0.2, 0) is 19.1 Å². The first-order valence-electron chi connectivity index (χ1n) is 7.77. The summed E-state index contributed by atoms with van der Waals surface area (Å²) in [4.78, 5) is 22.7. The molecule has 1 aliphatic rings. The van der Waals surface area contributed by atoms with Crippen LogP contribution in [-0.4, -0.2) is 31.1 Å². The number of benzene rings is 2. The summed E-state index contributed by atoms with van der Waals surface area (Å²) < 4.78 is 34.8. The Morgan fingerprint density at radius 2 is 1.48 bits per heavy atom. The Labute approximate surface area is 143 Å². The van der Waals surface area contributed by atoms with Crippen molar-refractivity contribution in [2.24, 2.45) is 0 Å². The molecule has 0 aromatic heterocycles. The molecule has 0 saturated heterocycles. The summed E-state index contributed by atoms with van der Waals surface area (Å²) in [6.07, 6.45) is 0. The first-order chi connectivity index (χ1) is 11.9. The minimum Gasteiger partial charge on any atom is -0.462 e. The number of ether oxygens (including phenoxy) is 2. The molecule has 0 fully saturated rings. The van der Waals surface area contributed by atoms with Gasteiger partial charge in [0, 0.05) is 12.8 Å². The van der Waals surface area contributed by atoms with Crippen molar-refractivity contribution in [2.75, 3.05) is 13.2 Å². The van der Waals surface area contributed by atoms with Crippen molar-refractivity contribution in [2.45, 2.75) is 18.8 Å². The molecular formula is C19H16F2O4. The van der Waals surface area contributed by atoms with E-state index in [1.165, 1.54) is 0 Å². The normalized spacial score (nSPS) is 13.1. The van der Waals surface area contributed by atoms with Crippen LogP contribution in [0, 0.1) is 0 Å². The van der Waals surface area contributed by atoms with Gasteiger partial charge >= 0.3 is 17.9 Å². The van der Waals surface area contributed by atoms with Gasteiger partial charge < -0.3 is 9.47 Å². The Hall–Kier alpha value is -2.76. The largest absolute Gasteiger partial charge is 0.462 e. The van der Waals surface area contributed by atoms with Gasteiger partial charge in [0.2, 0.25) is 0 Å². The summed E-state index contributed by atoms with van der Waals surface area (Å²) in [5.74, 6) is -6.39. The lowest BCUT2D eigenvalue weighted by atomic mass is 9.98. The van der Waals surface area contributed by atoms with E-state index < -0.39 is 24.5 Å². The second-order valence-corrected chi connectivity index (χ2v) is 5.87. The fourth-order valence-corrected chi connectivity index (χ4v) is 2.91. The van der Waals surface area contributed by atoms with Gasteiger partial charge in [-0.15, -0.1) is 0 Å². The molecule has 0 amide bonds. The van der Waals surface area contributed by atoms with Gasteiger partial charge in [-0.2, -0.15) is 8.78 Å². The maximum atomic E-state index is 12.7. The average molecular weight is 346 g/mol. The molecule has 130 valence electrons. The van der Waals surface area contributed by atoms with Crippen LogP contribution < -0.4 is 0 Å². The molecule has 0 saturated carbocycles. The van der Waals surface area contributed by atoms with Crippen molar-refractivity contribution in [1.29, 1.82) is 0 Å². The minimum absolute atomic E-state index is 0.0485. The Bertz CT molecular complexity index is 766. The average Bonchev–Trinajstić information content (AvgIpc) is 2.91. The lowest BCUT2D eigenvalue weighted by Crippen LogP contribution is -2.29. The van der Waals surface area contributed by atoms with Crippen LogP contribution in [0.25, 0.3) is 11.1 Å². The van der Waals surface area contributed by atoms with Crippen LogP contribution in [0.2, 0.25) is 0 Å². The zero-order chi connectivity index (χ0) is 18.0. The van der Waals surface area contributed by atoms with E-state index in [1.54, 1.807) is 0 Å². The van der Waals surface area contributed by atoms with Gasteiger partial charge in [-0.25, -0.2) is 9.59 Å². The third-order valence-corrected chi connectivity index (χ3v) is 4.05. The molecule has 0 aliphatic heterocycles. The highest BCUT2D eigenvalue weighted by Gasteiger charge is 2.35. The van der Waals surface area contributed by atoms with E-state index in [1.807, 2.05) is 48.5 Å². The zero-order valence-electron chi connectivity index (χ0n) is 13.5. The van der Waals surface area contributed by atoms with Crippen LogP contribution in [0.15, 0.2) is 48.5 Å². The molecule has 0 spiro atoms. The van der Waals surface area contributed by atoms with Crippen molar-refractivity contribution in [3.8, 4) is 11.1 Å². The van der Waals surface area contributed by atoms with E-state index in [4.69, 9.17) is 4.74 Å². The number of halogens is 2. The Morgan fingerprint density at radius 3 is 2.00 bits per heavy atom. The highest BCUT2D eigenvalue weighted by molar-refractivity contribution is 5.81. The number of esters is 2. The first kappa shape index (κ1) is 17.1. The molecule has 0 radical (unpaired) electrons. The second-order valence-electron chi connectivity index (χ2n) is 5.87. The third-order valence-electron chi connectivity index (χ3n) is 4.05.